The number of hydrogen-bond acceptors (Lipinski definition) is 3. The van der Waals surface area contributed by atoms with Gasteiger partial charge < -0.3 is 15.2 Å². The first-order valence-corrected chi connectivity index (χ1v) is 6.40. The molecule has 7 heteroatoms. The van der Waals surface area contributed by atoms with Gasteiger partial charge in [0.2, 0.25) is 0 Å². The highest BCUT2D eigenvalue weighted by atomic mass is 35.5. The summed E-state index contributed by atoms with van der Waals surface area (Å²) in [6.45, 7) is 3.39. The van der Waals surface area contributed by atoms with Crippen LogP contribution in [0.4, 0.5) is 4.79 Å². The summed E-state index contributed by atoms with van der Waals surface area (Å²) >= 11 is 11.6. The first-order valence-electron chi connectivity index (χ1n) is 5.65. The summed E-state index contributed by atoms with van der Waals surface area (Å²) in [7, 11) is 0. The van der Waals surface area contributed by atoms with Gasteiger partial charge in [-0.15, -0.1) is 0 Å². The Hall–Kier alpha value is -1.72. The normalized spacial score (nSPS) is 11.5. The van der Waals surface area contributed by atoms with Gasteiger partial charge >= 0.3 is 12.1 Å². The van der Waals surface area contributed by atoms with E-state index in [2.05, 4.69) is 16.6 Å². The lowest BCUT2D eigenvalue weighted by Crippen LogP contribution is -2.42. The highest BCUT2D eigenvalue weighted by Gasteiger charge is 2.21. The zero-order valence-electron chi connectivity index (χ0n) is 10.4. The number of aliphatic carboxylic acids is 1. The fraction of sp³-hybridized carbons (Fsp3) is 0.231. The molecule has 0 radical (unpaired) electrons. The standard InChI is InChI=1S/C13H13Cl2NO4/c1-2-5-20-13(19)16-11(12(17)18)7-8-3-4-9(14)10(15)6-8/h2-4,6,11H,1,5,7H2,(H,16,19)(H,17,18)/t11-/m0/s1. The molecule has 0 unspecified atom stereocenters. The predicted molar refractivity (Wildman–Crippen MR) is 76.3 cm³/mol. The molecule has 1 aromatic carbocycles. The summed E-state index contributed by atoms with van der Waals surface area (Å²) in [5.74, 6) is -1.17. The van der Waals surface area contributed by atoms with Crippen molar-refractivity contribution in [3.63, 3.8) is 0 Å². The number of carbonyl (C=O) groups is 2. The molecular formula is C13H13Cl2NO4. The lowest BCUT2D eigenvalue weighted by molar-refractivity contribution is -0.139. The maximum absolute atomic E-state index is 11.3. The second-order valence-corrected chi connectivity index (χ2v) is 4.69. The summed E-state index contributed by atoms with van der Waals surface area (Å²) in [6, 6.07) is 3.63. The van der Waals surface area contributed by atoms with Crippen molar-refractivity contribution in [2.24, 2.45) is 0 Å². The van der Waals surface area contributed by atoms with Crippen LogP contribution in [0.5, 0.6) is 0 Å². The Morgan fingerprint density at radius 3 is 2.65 bits per heavy atom. The van der Waals surface area contributed by atoms with Crippen molar-refractivity contribution in [3.05, 3.63) is 46.5 Å². The topological polar surface area (TPSA) is 75.6 Å². The van der Waals surface area contributed by atoms with Crippen molar-refractivity contribution in [1.29, 1.82) is 0 Å². The Morgan fingerprint density at radius 1 is 1.40 bits per heavy atom. The second-order valence-electron chi connectivity index (χ2n) is 3.87. The number of nitrogens with one attached hydrogen (secondary N) is 1. The molecular weight excluding hydrogens is 305 g/mol. The van der Waals surface area contributed by atoms with Gasteiger partial charge in [-0.1, -0.05) is 41.9 Å². The number of rotatable bonds is 6. The zero-order valence-corrected chi connectivity index (χ0v) is 11.9. The molecule has 0 heterocycles. The van der Waals surface area contributed by atoms with Crippen molar-refractivity contribution < 1.29 is 19.4 Å². The number of carbonyl (C=O) groups excluding carboxylic acids is 1. The third-order valence-corrected chi connectivity index (χ3v) is 3.09. The van der Waals surface area contributed by atoms with Crippen molar-refractivity contribution in [2.75, 3.05) is 6.61 Å². The Bertz CT molecular complexity index is 519. The minimum Gasteiger partial charge on any atom is -0.480 e. The molecule has 1 rings (SSSR count). The van der Waals surface area contributed by atoms with Crippen LogP contribution in [0.25, 0.3) is 0 Å². The quantitative estimate of drug-likeness (QED) is 0.791. The number of ether oxygens (including phenoxy) is 1. The monoisotopic (exact) mass is 317 g/mol. The first kappa shape index (κ1) is 16.3. The molecule has 0 aromatic heterocycles. The van der Waals surface area contributed by atoms with Gasteiger partial charge in [-0.3, -0.25) is 0 Å². The number of alkyl carbamates (subject to hydrolysis) is 1. The average Bonchev–Trinajstić information content (AvgIpc) is 2.39. The van der Waals surface area contributed by atoms with Gasteiger partial charge in [0.15, 0.2) is 0 Å². The summed E-state index contributed by atoms with van der Waals surface area (Å²) in [6.07, 6.45) is 0.626. The van der Waals surface area contributed by atoms with E-state index in [1.54, 1.807) is 18.2 Å². The lowest BCUT2D eigenvalue weighted by Gasteiger charge is -2.14. The highest BCUT2D eigenvalue weighted by Crippen LogP contribution is 2.23. The number of amides is 1. The van der Waals surface area contributed by atoms with E-state index in [4.69, 9.17) is 28.3 Å². The number of carboxylic acid groups (broad SMARTS) is 1. The molecule has 1 atom stereocenters. The average molecular weight is 318 g/mol. The van der Waals surface area contributed by atoms with Gasteiger partial charge in [0, 0.05) is 6.42 Å². The maximum Gasteiger partial charge on any atom is 0.408 e. The number of carboxylic acids is 1. The molecule has 5 nitrogen and oxygen atoms in total. The fourth-order valence-electron chi connectivity index (χ4n) is 1.42. The molecule has 0 saturated heterocycles. The molecule has 20 heavy (non-hydrogen) atoms. The van der Waals surface area contributed by atoms with Crippen molar-refractivity contribution in [2.45, 2.75) is 12.5 Å². The summed E-state index contributed by atoms with van der Waals surface area (Å²) in [5.41, 5.74) is 0.635. The van der Waals surface area contributed by atoms with Crippen LogP contribution in [-0.2, 0) is 16.0 Å². The van der Waals surface area contributed by atoms with Gasteiger partial charge in [-0.25, -0.2) is 9.59 Å². The molecule has 0 aliphatic heterocycles. The smallest absolute Gasteiger partial charge is 0.408 e. The molecule has 0 bridgehead atoms. The maximum atomic E-state index is 11.3. The van der Waals surface area contributed by atoms with Crippen molar-refractivity contribution >= 4 is 35.3 Å². The van der Waals surface area contributed by atoms with Gasteiger partial charge in [0.05, 0.1) is 10.0 Å². The third-order valence-electron chi connectivity index (χ3n) is 2.35. The fourth-order valence-corrected chi connectivity index (χ4v) is 1.74. The molecule has 0 fully saturated rings. The van der Waals surface area contributed by atoms with Crippen LogP contribution >= 0.6 is 23.2 Å². The van der Waals surface area contributed by atoms with E-state index in [1.165, 1.54) is 6.08 Å². The predicted octanol–water partition coefficient (Wildman–Crippen LogP) is 2.90. The first-order chi connectivity index (χ1) is 9.43. The van der Waals surface area contributed by atoms with Crippen LogP contribution < -0.4 is 5.32 Å². The summed E-state index contributed by atoms with van der Waals surface area (Å²) in [5, 5.41) is 12.0. The van der Waals surface area contributed by atoms with Gasteiger partial charge in [0.25, 0.3) is 0 Å². The van der Waals surface area contributed by atoms with E-state index in [1.807, 2.05) is 0 Å². The van der Waals surface area contributed by atoms with Crippen molar-refractivity contribution in [1.82, 2.24) is 5.32 Å². The van der Waals surface area contributed by atoms with Gasteiger partial charge in [0.1, 0.15) is 12.6 Å². The Labute approximate surface area is 126 Å². The molecule has 108 valence electrons. The van der Waals surface area contributed by atoms with Gasteiger partial charge in [-0.05, 0) is 17.7 Å². The van der Waals surface area contributed by atoms with E-state index in [-0.39, 0.29) is 13.0 Å². The number of halogens is 2. The van der Waals surface area contributed by atoms with Gasteiger partial charge in [-0.2, -0.15) is 0 Å². The summed E-state index contributed by atoms with van der Waals surface area (Å²) in [4.78, 5) is 22.5. The molecule has 0 spiro atoms. The van der Waals surface area contributed by atoms with Crippen LogP contribution in [0.2, 0.25) is 10.0 Å². The van der Waals surface area contributed by atoms with Crippen LogP contribution in [0.3, 0.4) is 0 Å². The van der Waals surface area contributed by atoms with E-state index in [0.717, 1.165) is 0 Å². The van der Waals surface area contributed by atoms with Crippen molar-refractivity contribution in [3.8, 4) is 0 Å². The summed E-state index contributed by atoms with van der Waals surface area (Å²) < 4.78 is 4.67. The van der Waals surface area contributed by atoms with Crippen LogP contribution in [0, 0.1) is 0 Å². The molecule has 0 aliphatic rings. The third kappa shape index (κ3) is 5.11. The molecule has 0 saturated carbocycles. The molecule has 1 amide bonds. The van der Waals surface area contributed by atoms with Crippen LogP contribution in [-0.4, -0.2) is 29.8 Å². The zero-order chi connectivity index (χ0) is 15.1. The highest BCUT2D eigenvalue weighted by molar-refractivity contribution is 6.42. The molecule has 0 aliphatic carbocycles. The van der Waals surface area contributed by atoms with E-state index >= 15 is 0 Å². The molecule has 1 aromatic rings. The molecule has 2 N–H and O–H groups in total. The Balaban J connectivity index is 2.71. The largest absolute Gasteiger partial charge is 0.480 e. The second kappa shape index (κ2) is 7.77. The van der Waals surface area contributed by atoms with Crippen LogP contribution in [0.1, 0.15) is 5.56 Å². The van der Waals surface area contributed by atoms with E-state index in [0.29, 0.717) is 15.6 Å². The van der Waals surface area contributed by atoms with E-state index in [9.17, 15) is 9.59 Å². The van der Waals surface area contributed by atoms with Crippen LogP contribution in [0.15, 0.2) is 30.9 Å². The SMILES string of the molecule is C=CCOC(=O)N[C@@H](Cc1ccc(Cl)c(Cl)c1)C(=O)O. The van der Waals surface area contributed by atoms with E-state index < -0.39 is 18.1 Å². The lowest BCUT2D eigenvalue weighted by atomic mass is 10.1. The minimum atomic E-state index is -1.17. The minimum absolute atomic E-state index is 0.00491. The number of benzene rings is 1. The number of hydrogen-bond donors (Lipinski definition) is 2. The Kier molecular flexibility index (Phi) is 6.35. The Morgan fingerprint density at radius 2 is 2.10 bits per heavy atom.